The fourth-order valence-corrected chi connectivity index (χ4v) is 2.66. The van der Waals surface area contributed by atoms with E-state index in [9.17, 15) is 0 Å². The second-order valence-electron chi connectivity index (χ2n) is 3.81. The number of hydrogen-bond acceptors (Lipinski definition) is 4. The number of hydrogen-bond donors (Lipinski definition) is 1. The molecular formula is C13H11Br2ClN2O2. The maximum absolute atomic E-state index is 6.19. The van der Waals surface area contributed by atoms with E-state index < -0.39 is 0 Å². The highest BCUT2D eigenvalue weighted by Crippen LogP contribution is 2.39. The van der Waals surface area contributed by atoms with Gasteiger partial charge >= 0.3 is 0 Å². The highest BCUT2D eigenvalue weighted by Gasteiger charge is 2.13. The number of aromatic nitrogens is 1. The number of benzene rings is 1. The van der Waals surface area contributed by atoms with E-state index in [0.29, 0.717) is 28.9 Å². The molecule has 2 aromatic rings. The Morgan fingerprint density at radius 1 is 1.25 bits per heavy atom. The van der Waals surface area contributed by atoms with Crippen molar-refractivity contribution in [3.8, 4) is 17.4 Å². The van der Waals surface area contributed by atoms with Crippen molar-refractivity contribution >= 4 is 43.5 Å². The minimum atomic E-state index is 0.312. The summed E-state index contributed by atoms with van der Waals surface area (Å²) < 4.78 is 12.4. The number of pyridine rings is 1. The quantitative estimate of drug-likeness (QED) is 0.787. The Hall–Kier alpha value is -0.820. The number of ether oxygens (including phenoxy) is 2. The molecule has 0 saturated carbocycles. The highest BCUT2D eigenvalue weighted by molar-refractivity contribution is 9.11. The van der Waals surface area contributed by atoms with Gasteiger partial charge in [-0.05, 0) is 55.6 Å². The van der Waals surface area contributed by atoms with Crippen molar-refractivity contribution < 1.29 is 9.47 Å². The summed E-state index contributed by atoms with van der Waals surface area (Å²) in [4.78, 5) is 4.12. The van der Waals surface area contributed by atoms with Gasteiger partial charge in [-0.1, -0.05) is 11.6 Å². The van der Waals surface area contributed by atoms with Gasteiger partial charge in [0.15, 0.2) is 0 Å². The first-order chi connectivity index (χ1) is 9.56. The van der Waals surface area contributed by atoms with Gasteiger partial charge in [-0.25, -0.2) is 4.98 Å². The predicted molar refractivity (Wildman–Crippen MR) is 85.6 cm³/mol. The average Bonchev–Trinajstić information content (AvgIpc) is 2.44. The molecule has 0 amide bonds. The SMILES string of the molecule is COc1cc(Br)c(Oc2nccc(CN)c2Cl)cc1Br. The van der Waals surface area contributed by atoms with E-state index in [1.807, 2.05) is 0 Å². The van der Waals surface area contributed by atoms with E-state index >= 15 is 0 Å². The summed E-state index contributed by atoms with van der Waals surface area (Å²) in [5, 5.41) is 0.411. The van der Waals surface area contributed by atoms with Gasteiger partial charge in [0.05, 0.1) is 16.1 Å². The molecule has 20 heavy (non-hydrogen) atoms. The van der Waals surface area contributed by atoms with Crippen LogP contribution in [0.4, 0.5) is 0 Å². The lowest BCUT2D eigenvalue weighted by Crippen LogP contribution is -2.00. The Kier molecular flexibility index (Phi) is 5.26. The lowest BCUT2D eigenvalue weighted by Gasteiger charge is -2.12. The number of rotatable bonds is 4. The molecule has 0 atom stereocenters. The first-order valence-corrected chi connectivity index (χ1v) is 7.57. The second-order valence-corrected chi connectivity index (χ2v) is 5.90. The van der Waals surface area contributed by atoms with Gasteiger partial charge in [-0.3, -0.25) is 0 Å². The van der Waals surface area contributed by atoms with Crippen LogP contribution >= 0.6 is 43.5 Å². The first kappa shape index (κ1) is 15.6. The largest absolute Gasteiger partial charge is 0.496 e. The zero-order valence-electron chi connectivity index (χ0n) is 10.5. The molecule has 0 aliphatic carbocycles. The molecule has 4 nitrogen and oxygen atoms in total. The molecule has 2 rings (SSSR count). The van der Waals surface area contributed by atoms with Crippen LogP contribution in [0.1, 0.15) is 5.56 Å². The molecule has 0 fully saturated rings. The molecule has 2 N–H and O–H groups in total. The monoisotopic (exact) mass is 420 g/mol. The molecule has 106 valence electrons. The van der Waals surface area contributed by atoms with Gasteiger partial charge in [0.1, 0.15) is 16.5 Å². The lowest BCUT2D eigenvalue weighted by atomic mass is 10.2. The minimum Gasteiger partial charge on any atom is -0.496 e. The molecule has 0 aliphatic rings. The Morgan fingerprint density at radius 3 is 2.55 bits per heavy atom. The van der Waals surface area contributed by atoms with Crippen LogP contribution in [0.3, 0.4) is 0 Å². The zero-order valence-corrected chi connectivity index (χ0v) is 14.4. The van der Waals surface area contributed by atoms with Crippen molar-refractivity contribution in [1.82, 2.24) is 4.98 Å². The third-order valence-electron chi connectivity index (χ3n) is 2.57. The second kappa shape index (κ2) is 6.76. The van der Waals surface area contributed by atoms with Crippen molar-refractivity contribution in [2.45, 2.75) is 6.54 Å². The van der Waals surface area contributed by atoms with E-state index in [0.717, 1.165) is 14.5 Å². The predicted octanol–water partition coefficient (Wildman–Crippen LogP) is 4.52. The molecule has 7 heteroatoms. The molecule has 1 aromatic carbocycles. The lowest BCUT2D eigenvalue weighted by molar-refractivity contribution is 0.408. The highest BCUT2D eigenvalue weighted by atomic mass is 79.9. The summed E-state index contributed by atoms with van der Waals surface area (Å²) in [5.41, 5.74) is 6.38. The van der Waals surface area contributed by atoms with Crippen molar-refractivity contribution in [3.05, 3.63) is 43.9 Å². The molecule has 0 bridgehead atoms. The number of nitrogens with zero attached hydrogens (tertiary/aromatic N) is 1. The van der Waals surface area contributed by atoms with E-state index in [2.05, 4.69) is 36.8 Å². The van der Waals surface area contributed by atoms with Crippen molar-refractivity contribution in [2.24, 2.45) is 5.73 Å². The molecule has 0 aliphatic heterocycles. The average molecular weight is 423 g/mol. The molecular weight excluding hydrogens is 411 g/mol. The molecule has 0 radical (unpaired) electrons. The third-order valence-corrected chi connectivity index (χ3v) is 4.21. The smallest absolute Gasteiger partial charge is 0.238 e. The van der Waals surface area contributed by atoms with Crippen LogP contribution in [-0.4, -0.2) is 12.1 Å². The van der Waals surface area contributed by atoms with Crippen LogP contribution in [0.2, 0.25) is 5.02 Å². The van der Waals surface area contributed by atoms with Gasteiger partial charge in [0, 0.05) is 12.7 Å². The van der Waals surface area contributed by atoms with E-state index in [1.54, 1.807) is 31.5 Å². The fourth-order valence-electron chi connectivity index (χ4n) is 1.54. The van der Waals surface area contributed by atoms with Gasteiger partial charge < -0.3 is 15.2 Å². The number of methoxy groups -OCH3 is 1. The first-order valence-electron chi connectivity index (χ1n) is 5.61. The van der Waals surface area contributed by atoms with Crippen molar-refractivity contribution in [2.75, 3.05) is 7.11 Å². The number of nitrogens with two attached hydrogens (primary N) is 1. The molecule has 1 aromatic heterocycles. The van der Waals surface area contributed by atoms with Crippen LogP contribution in [0, 0.1) is 0 Å². The van der Waals surface area contributed by atoms with Crippen LogP contribution in [0.15, 0.2) is 33.3 Å². The van der Waals surface area contributed by atoms with E-state index in [4.69, 9.17) is 26.8 Å². The minimum absolute atomic E-state index is 0.312. The molecule has 1 heterocycles. The van der Waals surface area contributed by atoms with Crippen LogP contribution < -0.4 is 15.2 Å². The van der Waals surface area contributed by atoms with Gasteiger partial charge in [-0.15, -0.1) is 0 Å². The Labute approximate surface area is 138 Å². The maximum atomic E-state index is 6.19. The maximum Gasteiger partial charge on any atom is 0.238 e. The van der Waals surface area contributed by atoms with E-state index in [1.165, 1.54) is 0 Å². The summed E-state index contributed by atoms with van der Waals surface area (Å²) in [7, 11) is 1.59. The normalized spacial score (nSPS) is 10.4. The molecule has 0 unspecified atom stereocenters. The summed E-state index contributed by atoms with van der Waals surface area (Å²) in [6.45, 7) is 0.325. The molecule has 0 saturated heterocycles. The number of halogens is 3. The Bertz CT molecular complexity index is 638. The van der Waals surface area contributed by atoms with Gasteiger partial charge in [0.25, 0.3) is 0 Å². The van der Waals surface area contributed by atoms with Gasteiger partial charge in [-0.2, -0.15) is 0 Å². The summed E-state index contributed by atoms with van der Waals surface area (Å²) in [5.74, 6) is 1.58. The summed E-state index contributed by atoms with van der Waals surface area (Å²) >= 11 is 13.0. The standard InChI is InChI=1S/C13H11Br2ClN2O2/c1-19-10-4-9(15)11(5-8(10)14)20-13-12(16)7(6-17)2-3-18-13/h2-5H,6,17H2,1H3. The summed E-state index contributed by atoms with van der Waals surface area (Å²) in [6, 6.07) is 5.32. The van der Waals surface area contributed by atoms with Crippen LogP contribution in [-0.2, 0) is 6.54 Å². The van der Waals surface area contributed by atoms with Gasteiger partial charge in [0.2, 0.25) is 5.88 Å². The Balaban J connectivity index is 2.38. The third kappa shape index (κ3) is 3.25. The zero-order chi connectivity index (χ0) is 14.7. The summed E-state index contributed by atoms with van der Waals surface area (Å²) in [6.07, 6.45) is 1.61. The van der Waals surface area contributed by atoms with Crippen molar-refractivity contribution in [3.63, 3.8) is 0 Å². The topological polar surface area (TPSA) is 57.4 Å². The van der Waals surface area contributed by atoms with E-state index in [-0.39, 0.29) is 0 Å². The van der Waals surface area contributed by atoms with Crippen LogP contribution in [0.5, 0.6) is 17.4 Å². The molecule has 0 spiro atoms. The Morgan fingerprint density at radius 2 is 1.90 bits per heavy atom. The van der Waals surface area contributed by atoms with Crippen molar-refractivity contribution in [1.29, 1.82) is 0 Å². The van der Waals surface area contributed by atoms with Crippen LogP contribution in [0.25, 0.3) is 0 Å². The fraction of sp³-hybridized carbons (Fsp3) is 0.154.